The van der Waals surface area contributed by atoms with E-state index in [4.69, 9.17) is 0 Å². The van der Waals surface area contributed by atoms with Gasteiger partial charge in [0.05, 0.1) is 5.52 Å². The average molecular weight is 447 g/mol. The van der Waals surface area contributed by atoms with Crippen LogP contribution in [-0.4, -0.2) is 32.6 Å². The van der Waals surface area contributed by atoms with Crippen molar-refractivity contribution >= 4 is 33.7 Å². The average Bonchev–Trinajstić information content (AvgIpc) is 3.19. The molecule has 0 saturated heterocycles. The maximum atomic E-state index is 14.2. The number of amides is 1. The Bertz CT molecular complexity index is 1490. The maximum Gasteiger partial charge on any atom is 0.326 e. The third-order valence-corrected chi connectivity index (χ3v) is 6.42. The molecule has 2 atom stereocenters. The van der Waals surface area contributed by atoms with E-state index in [0.29, 0.717) is 11.9 Å². The number of benzene rings is 2. The number of para-hydroxylation sites is 1. The van der Waals surface area contributed by atoms with Crippen molar-refractivity contribution < 1.29 is 19.1 Å². The van der Waals surface area contributed by atoms with Gasteiger partial charge in [-0.1, -0.05) is 18.2 Å². The van der Waals surface area contributed by atoms with Gasteiger partial charge < -0.3 is 20.0 Å². The number of carbonyl (C=O) groups is 2. The molecule has 7 nitrogen and oxygen atoms in total. The molecule has 8 heteroatoms. The molecule has 3 N–H and O–H groups in total. The van der Waals surface area contributed by atoms with Crippen molar-refractivity contribution in [2.45, 2.75) is 38.3 Å². The number of aliphatic carboxylic acids is 1. The van der Waals surface area contributed by atoms with Gasteiger partial charge >= 0.3 is 5.97 Å². The zero-order valence-corrected chi connectivity index (χ0v) is 17.9. The molecular formula is C25H22FN3O4. The predicted molar refractivity (Wildman–Crippen MR) is 122 cm³/mol. The van der Waals surface area contributed by atoms with Crippen LogP contribution in [0, 0.1) is 5.82 Å². The van der Waals surface area contributed by atoms with E-state index in [2.05, 4.69) is 10.3 Å². The van der Waals surface area contributed by atoms with Crippen molar-refractivity contribution in [2.24, 2.45) is 0 Å². The summed E-state index contributed by atoms with van der Waals surface area (Å²) in [6.07, 6.45) is 4.62. The summed E-state index contributed by atoms with van der Waals surface area (Å²) < 4.78 is 16.0. The SMILES string of the molecule is CC1CCc2cc(F)cc3c(=O)c(C(=O)N[C@@H](Cc4c[nH]c5ccccc45)C(=O)O)cn1c23. The third-order valence-electron chi connectivity index (χ3n) is 6.42. The Hall–Kier alpha value is -3.94. The smallest absolute Gasteiger partial charge is 0.326 e. The summed E-state index contributed by atoms with van der Waals surface area (Å²) in [6, 6.07) is 8.81. The molecule has 4 aromatic rings. The van der Waals surface area contributed by atoms with Gasteiger partial charge in [0.25, 0.3) is 5.91 Å². The molecule has 0 fully saturated rings. The largest absolute Gasteiger partial charge is 0.480 e. The summed E-state index contributed by atoms with van der Waals surface area (Å²) in [5, 5.41) is 13.2. The molecule has 168 valence electrons. The molecule has 3 heterocycles. The number of pyridine rings is 1. The Morgan fingerprint density at radius 2 is 2.06 bits per heavy atom. The fourth-order valence-corrected chi connectivity index (χ4v) is 4.70. The molecule has 0 aliphatic carbocycles. The van der Waals surface area contributed by atoms with Gasteiger partial charge in [0.1, 0.15) is 17.4 Å². The Balaban J connectivity index is 1.52. The van der Waals surface area contributed by atoms with E-state index in [1.165, 1.54) is 12.3 Å². The minimum Gasteiger partial charge on any atom is -0.480 e. The van der Waals surface area contributed by atoms with Crippen LogP contribution >= 0.6 is 0 Å². The van der Waals surface area contributed by atoms with E-state index in [1.807, 2.05) is 35.8 Å². The van der Waals surface area contributed by atoms with Gasteiger partial charge in [-0.15, -0.1) is 0 Å². The fraction of sp³-hybridized carbons (Fsp3) is 0.240. The van der Waals surface area contributed by atoms with Gasteiger partial charge in [0, 0.05) is 41.1 Å². The number of carboxylic acid groups (broad SMARTS) is 1. The zero-order chi connectivity index (χ0) is 23.3. The van der Waals surface area contributed by atoms with Gasteiger partial charge in [0.2, 0.25) is 5.43 Å². The molecule has 0 spiro atoms. The first-order chi connectivity index (χ1) is 15.8. The Kier molecular flexibility index (Phi) is 5.00. The first-order valence-electron chi connectivity index (χ1n) is 10.8. The van der Waals surface area contributed by atoms with Crippen LogP contribution in [0.25, 0.3) is 21.8 Å². The molecule has 0 radical (unpaired) electrons. The molecule has 0 saturated carbocycles. The lowest BCUT2D eigenvalue weighted by Crippen LogP contribution is -2.44. The number of carboxylic acids is 1. The number of aryl methyl sites for hydroxylation is 1. The van der Waals surface area contributed by atoms with Gasteiger partial charge in [0.15, 0.2) is 0 Å². The number of fused-ring (bicyclic) bond motifs is 1. The number of H-pyrrole nitrogens is 1. The lowest BCUT2D eigenvalue weighted by molar-refractivity contribution is -0.139. The quantitative estimate of drug-likeness (QED) is 0.435. The minimum atomic E-state index is -1.24. The van der Waals surface area contributed by atoms with Crippen LogP contribution in [0.5, 0.6) is 0 Å². The number of hydrogen-bond acceptors (Lipinski definition) is 3. The standard InChI is InChI=1S/C25H22FN3O4/c1-13-6-7-14-8-16(26)10-18-22(14)29(13)12-19(23(18)30)24(31)28-21(25(32)33)9-15-11-27-20-5-3-2-4-17(15)20/h2-5,8,10-13,21,27H,6-7,9H2,1H3,(H,28,31)(H,32,33)/t13?,21-/m0/s1. The van der Waals surface area contributed by atoms with Crippen LogP contribution < -0.4 is 10.7 Å². The first-order valence-corrected chi connectivity index (χ1v) is 10.8. The van der Waals surface area contributed by atoms with E-state index in [1.54, 1.807) is 6.20 Å². The zero-order valence-electron chi connectivity index (χ0n) is 17.9. The summed E-state index contributed by atoms with van der Waals surface area (Å²) in [5.41, 5.74) is 2.16. The number of aromatic nitrogens is 2. The van der Waals surface area contributed by atoms with E-state index >= 15 is 0 Å². The minimum absolute atomic E-state index is 0.0131. The van der Waals surface area contributed by atoms with Crippen molar-refractivity contribution in [3.63, 3.8) is 0 Å². The number of rotatable bonds is 5. The molecule has 5 rings (SSSR count). The number of nitrogens with zero attached hydrogens (tertiary/aromatic N) is 1. The van der Waals surface area contributed by atoms with Gasteiger partial charge in [-0.25, -0.2) is 9.18 Å². The second-order valence-corrected chi connectivity index (χ2v) is 8.56. The van der Waals surface area contributed by atoms with Crippen LogP contribution in [0.1, 0.15) is 40.9 Å². The monoisotopic (exact) mass is 447 g/mol. The molecule has 0 bridgehead atoms. The number of halogens is 1. The second kappa shape index (κ2) is 7.88. The van der Waals surface area contributed by atoms with Gasteiger partial charge in [-0.05, 0) is 49.1 Å². The highest BCUT2D eigenvalue weighted by Gasteiger charge is 2.27. The van der Waals surface area contributed by atoms with Crippen molar-refractivity contribution in [2.75, 3.05) is 0 Å². The summed E-state index contributed by atoms with van der Waals surface area (Å²) >= 11 is 0. The Morgan fingerprint density at radius 1 is 1.27 bits per heavy atom. The Morgan fingerprint density at radius 3 is 2.85 bits per heavy atom. The number of carbonyl (C=O) groups excluding carboxylic acids is 1. The summed E-state index contributed by atoms with van der Waals surface area (Å²) in [7, 11) is 0. The fourth-order valence-electron chi connectivity index (χ4n) is 4.70. The highest BCUT2D eigenvalue weighted by atomic mass is 19.1. The lowest BCUT2D eigenvalue weighted by Gasteiger charge is -2.27. The topological polar surface area (TPSA) is 104 Å². The van der Waals surface area contributed by atoms with E-state index in [0.717, 1.165) is 34.5 Å². The summed E-state index contributed by atoms with van der Waals surface area (Å²) in [6.45, 7) is 1.97. The molecule has 1 unspecified atom stereocenters. The molecule has 1 aliphatic heterocycles. The van der Waals surface area contributed by atoms with Crippen LogP contribution in [0.2, 0.25) is 0 Å². The third kappa shape index (κ3) is 3.57. The van der Waals surface area contributed by atoms with Gasteiger partial charge in [-0.2, -0.15) is 0 Å². The molecule has 33 heavy (non-hydrogen) atoms. The number of nitrogens with one attached hydrogen (secondary N) is 2. The van der Waals surface area contributed by atoms with E-state index in [9.17, 15) is 23.9 Å². The second-order valence-electron chi connectivity index (χ2n) is 8.56. The summed E-state index contributed by atoms with van der Waals surface area (Å²) in [5.74, 6) is -2.53. The molecule has 2 aromatic carbocycles. The van der Waals surface area contributed by atoms with Crippen LogP contribution in [0.15, 0.2) is 53.6 Å². The van der Waals surface area contributed by atoms with Gasteiger partial charge in [-0.3, -0.25) is 9.59 Å². The van der Waals surface area contributed by atoms with Crippen LogP contribution in [0.3, 0.4) is 0 Å². The van der Waals surface area contributed by atoms with Crippen LogP contribution in [-0.2, 0) is 17.6 Å². The van der Waals surface area contributed by atoms with E-state index < -0.39 is 29.2 Å². The molecular weight excluding hydrogens is 425 g/mol. The molecule has 1 amide bonds. The number of hydrogen-bond donors (Lipinski definition) is 3. The summed E-state index contributed by atoms with van der Waals surface area (Å²) in [4.78, 5) is 41.2. The predicted octanol–water partition coefficient (Wildman–Crippen LogP) is 3.55. The number of aromatic amines is 1. The van der Waals surface area contributed by atoms with E-state index in [-0.39, 0.29) is 23.4 Å². The highest BCUT2D eigenvalue weighted by Crippen LogP contribution is 2.30. The van der Waals surface area contributed by atoms with Crippen molar-refractivity contribution in [3.05, 3.63) is 81.5 Å². The maximum absolute atomic E-state index is 14.2. The van der Waals surface area contributed by atoms with Crippen molar-refractivity contribution in [1.29, 1.82) is 0 Å². The highest BCUT2D eigenvalue weighted by molar-refractivity contribution is 5.99. The first kappa shape index (κ1) is 20.9. The van der Waals surface area contributed by atoms with Crippen LogP contribution in [0.4, 0.5) is 4.39 Å². The van der Waals surface area contributed by atoms with Crippen molar-refractivity contribution in [3.8, 4) is 0 Å². The normalized spacial score (nSPS) is 16.1. The van der Waals surface area contributed by atoms with Crippen molar-refractivity contribution in [1.82, 2.24) is 14.9 Å². The lowest BCUT2D eigenvalue weighted by atomic mass is 9.95. The molecule has 2 aromatic heterocycles. The Labute approximate surface area is 187 Å². The molecule has 1 aliphatic rings.